The van der Waals surface area contributed by atoms with Crippen molar-refractivity contribution < 1.29 is 31.2 Å². The van der Waals surface area contributed by atoms with Crippen molar-refractivity contribution in [1.82, 2.24) is 10.2 Å². The highest BCUT2D eigenvalue weighted by molar-refractivity contribution is 7.92. The molecule has 4 rings (SSSR count). The van der Waals surface area contributed by atoms with E-state index < -0.39 is 51.9 Å². The van der Waals surface area contributed by atoms with Gasteiger partial charge < -0.3 is 10.2 Å². The summed E-state index contributed by atoms with van der Waals surface area (Å²) in [7, 11) is -4.67. The van der Waals surface area contributed by atoms with Crippen LogP contribution in [0.2, 0.25) is 10.0 Å². The third-order valence-electron chi connectivity index (χ3n) is 7.41. The maximum absolute atomic E-state index is 14.5. The summed E-state index contributed by atoms with van der Waals surface area (Å²) in [6.45, 7) is 2.92. The van der Waals surface area contributed by atoms with Crippen LogP contribution in [0.15, 0.2) is 108 Å². The molecule has 0 spiro atoms. The number of hydrogen-bond donors (Lipinski definition) is 1. The summed E-state index contributed by atoms with van der Waals surface area (Å²) in [6.07, 6.45) is -4.78. The second-order valence-corrected chi connectivity index (χ2v) is 14.1. The number of benzene rings is 4. The molecule has 13 heteroatoms. The minimum atomic E-state index is -4.84. The van der Waals surface area contributed by atoms with E-state index in [1.54, 1.807) is 60.7 Å². The van der Waals surface area contributed by atoms with Gasteiger partial charge in [0, 0.05) is 24.5 Å². The maximum atomic E-state index is 14.5. The van der Waals surface area contributed by atoms with Gasteiger partial charge in [-0.25, -0.2) is 8.42 Å². The first kappa shape index (κ1) is 36.8. The van der Waals surface area contributed by atoms with Crippen molar-refractivity contribution in [2.45, 2.75) is 43.9 Å². The summed E-state index contributed by atoms with van der Waals surface area (Å²) in [5.41, 5.74) is -0.526. The van der Waals surface area contributed by atoms with Crippen LogP contribution in [0, 0.1) is 5.92 Å². The molecule has 7 nitrogen and oxygen atoms in total. The third-order valence-corrected chi connectivity index (χ3v) is 9.87. The molecule has 254 valence electrons. The van der Waals surface area contributed by atoms with Crippen molar-refractivity contribution in [2.24, 2.45) is 5.92 Å². The first-order chi connectivity index (χ1) is 22.7. The van der Waals surface area contributed by atoms with E-state index in [0.29, 0.717) is 33.1 Å². The molecule has 0 saturated heterocycles. The predicted molar refractivity (Wildman–Crippen MR) is 181 cm³/mol. The van der Waals surface area contributed by atoms with Gasteiger partial charge in [0.2, 0.25) is 11.8 Å². The van der Waals surface area contributed by atoms with Crippen LogP contribution in [0.4, 0.5) is 18.9 Å². The van der Waals surface area contributed by atoms with Crippen LogP contribution < -0.4 is 9.62 Å². The van der Waals surface area contributed by atoms with Gasteiger partial charge in [-0.1, -0.05) is 104 Å². The van der Waals surface area contributed by atoms with E-state index in [4.69, 9.17) is 23.2 Å². The van der Waals surface area contributed by atoms with Crippen LogP contribution in [0.3, 0.4) is 0 Å². The van der Waals surface area contributed by atoms with E-state index in [9.17, 15) is 31.2 Å². The lowest BCUT2D eigenvalue weighted by molar-refractivity contribution is -0.140. The number of halogens is 5. The minimum Gasteiger partial charge on any atom is -0.354 e. The average Bonchev–Trinajstić information content (AvgIpc) is 3.05. The standard InChI is InChI=1S/C35H34Cl2F3N3O4S/c1-24(2)21-41-34(45)32(19-25-11-5-3-6-12-25)42(22-26-13-9-10-16-29(26)36)33(44)23-43(48(46,47)28-14-7-4-8-15-28)31-20-27(35(38,39)40)17-18-30(31)37/h3-18,20,24,32H,19,21-23H2,1-2H3,(H,41,45)/t32-/m1/s1. The fourth-order valence-corrected chi connectivity index (χ4v) is 6.81. The van der Waals surface area contributed by atoms with Gasteiger partial charge in [-0.2, -0.15) is 13.2 Å². The zero-order valence-corrected chi connectivity index (χ0v) is 28.5. The molecule has 0 aliphatic rings. The van der Waals surface area contributed by atoms with Gasteiger partial charge in [-0.05, 0) is 53.4 Å². The minimum absolute atomic E-state index is 0.0523. The number of amides is 2. The van der Waals surface area contributed by atoms with Crippen molar-refractivity contribution >= 4 is 50.7 Å². The van der Waals surface area contributed by atoms with Crippen molar-refractivity contribution in [2.75, 3.05) is 17.4 Å². The fraction of sp³-hybridized carbons (Fsp3) is 0.257. The van der Waals surface area contributed by atoms with Crippen LogP contribution in [0.1, 0.15) is 30.5 Å². The van der Waals surface area contributed by atoms with Gasteiger partial charge in [0.1, 0.15) is 12.6 Å². The predicted octanol–water partition coefficient (Wildman–Crippen LogP) is 7.62. The van der Waals surface area contributed by atoms with Crippen molar-refractivity contribution in [3.05, 3.63) is 130 Å². The van der Waals surface area contributed by atoms with Crippen LogP contribution in [0.25, 0.3) is 0 Å². The normalized spacial score (nSPS) is 12.4. The first-order valence-electron chi connectivity index (χ1n) is 15.0. The van der Waals surface area contributed by atoms with E-state index in [1.807, 2.05) is 13.8 Å². The Bertz CT molecular complexity index is 1830. The molecule has 4 aromatic carbocycles. The SMILES string of the molecule is CC(C)CNC(=O)[C@@H](Cc1ccccc1)N(Cc1ccccc1Cl)C(=O)CN(c1cc(C(F)(F)F)ccc1Cl)S(=O)(=O)c1ccccc1. The maximum Gasteiger partial charge on any atom is 0.416 e. The number of sulfonamides is 1. The summed E-state index contributed by atoms with van der Waals surface area (Å²) < 4.78 is 70.3. The van der Waals surface area contributed by atoms with Crippen molar-refractivity contribution in [1.29, 1.82) is 0 Å². The molecule has 0 aliphatic carbocycles. The Morgan fingerprint density at radius 2 is 1.44 bits per heavy atom. The Balaban J connectivity index is 1.87. The van der Waals surface area contributed by atoms with Gasteiger partial charge in [0.05, 0.1) is 21.2 Å². The molecular formula is C35H34Cl2F3N3O4S. The molecular weight excluding hydrogens is 686 g/mol. The smallest absolute Gasteiger partial charge is 0.354 e. The molecule has 1 atom stereocenters. The summed E-state index contributed by atoms with van der Waals surface area (Å²) in [5.74, 6) is -1.29. The molecule has 0 bridgehead atoms. The molecule has 0 aliphatic heterocycles. The molecule has 0 aromatic heterocycles. The quantitative estimate of drug-likeness (QED) is 0.154. The topological polar surface area (TPSA) is 86.8 Å². The largest absolute Gasteiger partial charge is 0.416 e. The second-order valence-electron chi connectivity index (χ2n) is 11.4. The van der Waals surface area contributed by atoms with Crippen LogP contribution >= 0.6 is 23.2 Å². The molecule has 4 aromatic rings. The monoisotopic (exact) mass is 719 g/mol. The lowest BCUT2D eigenvalue weighted by Crippen LogP contribution is -2.53. The van der Waals surface area contributed by atoms with Crippen LogP contribution in [-0.2, 0) is 38.8 Å². The number of carbonyl (C=O) groups excluding carboxylic acids is 2. The number of rotatable bonds is 13. The summed E-state index contributed by atoms with van der Waals surface area (Å²) >= 11 is 12.8. The molecule has 48 heavy (non-hydrogen) atoms. The van der Waals surface area contributed by atoms with E-state index >= 15 is 0 Å². The van der Waals surface area contributed by atoms with Gasteiger partial charge in [-0.15, -0.1) is 0 Å². The van der Waals surface area contributed by atoms with Crippen molar-refractivity contribution in [3.63, 3.8) is 0 Å². The second kappa shape index (κ2) is 15.9. The number of carbonyl (C=O) groups is 2. The van der Waals surface area contributed by atoms with Gasteiger partial charge in [-0.3, -0.25) is 13.9 Å². The third kappa shape index (κ3) is 9.30. The summed E-state index contributed by atoms with van der Waals surface area (Å²) in [6, 6.07) is 23.7. The molecule has 2 amide bonds. The molecule has 1 N–H and O–H groups in total. The van der Waals surface area contributed by atoms with E-state index in [0.717, 1.165) is 12.1 Å². The van der Waals surface area contributed by atoms with Gasteiger partial charge in [0.15, 0.2) is 0 Å². The highest BCUT2D eigenvalue weighted by Crippen LogP contribution is 2.37. The van der Waals surface area contributed by atoms with Gasteiger partial charge in [0.25, 0.3) is 10.0 Å². The molecule has 0 heterocycles. The Labute approximate surface area is 288 Å². The number of nitrogens with zero attached hydrogens (tertiary/aromatic N) is 2. The lowest BCUT2D eigenvalue weighted by atomic mass is 10.0. The fourth-order valence-electron chi connectivity index (χ4n) is 4.90. The number of nitrogens with one attached hydrogen (secondary N) is 1. The first-order valence-corrected chi connectivity index (χ1v) is 17.2. The molecule has 0 unspecified atom stereocenters. The van der Waals surface area contributed by atoms with E-state index in [1.165, 1.54) is 29.2 Å². The zero-order chi connectivity index (χ0) is 35.1. The number of alkyl halides is 3. The Morgan fingerprint density at radius 3 is 2.04 bits per heavy atom. The highest BCUT2D eigenvalue weighted by Gasteiger charge is 2.37. The molecule has 0 fully saturated rings. The highest BCUT2D eigenvalue weighted by atomic mass is 35.5. The Hall–Kier alpha value is -4.06. The van der Waals surface area contributed by atoms with E-state index in [-0.39, 0.29) is 28.8 Å². The van der Waals surface area contributed by atoms with Gasteiger partial charge >= 0.3 is 6.18 Å². The Kier molecular flexibility index (Phi) is 12.2. The average molecular weight is 721 g/mol. The number of hydrogen-bond acceptors (Lipinski definition) is 4. The van der Waals surface area contributed by atoms with Crippen LogP contribution in [0.5, 0.6) is 0 Å². The lowest BCUT2D eigenvalue weighted by Gasteiger charge is -2.34. The Morgan fingerprint density at radius 1 is 0.833 bits per heavy atom. The molecule has 0 saturated carbocycles. The van der Waals surface area contributed by atoms with E-state index in [2.05, 4.69) is 5.32 Å². The summed E-state index contributed by atoms with van der Waals surface area (Å²) in [5, 5.41) is 2.84. The molecule has 0 radical (unpaired) electrons. The van der Waals surface area contributed by atoms with Crippen molar-refractivity contribution in [3.8, 4) is 0 Å². The number of anilines is 1. The zero-order valence-electron chi connectivity index (χ0n) is 26.1. The summed E-state index contributed by atoms with van der Waals surface area (Å²) in [4.78, 5) is 29.3. The van der Waals surface area contributed by atoms with Crippen LogP contribution in [-0.4, -0.2) is 44.3 Å².